The minimum absolute atomic E-state index is 0.0337. The van der Waals surface area contributed by atoms with Crippen molar-refractivity contribution in [1.29, 1.82) is 0 Å². The van der Waals surface area contributed by atoms with E-state index in [1.807, 2.05) is 6.92 Å². The molecule has 0 amide bonds. The summed E-state index contributed by atoms with van der Waals surface area (Å²) in [4.78, 5) is 15.9. The van der Waals surface area contributed by atoms with Gasteiger partial charge in [0, 0.05) is 11.5 Å². The number of nitrogens with zero attached hydrogens (tertiary/aromatic N) is 1. The van der Waals surface area contributed by atoms with Crippen LogP contribution >= 0.6 is 0 Å². The maximum atomic E-state index is 14.0. The van der Waals surface area contributed by atoms with E-state index >= 15 is 0 Å². The lowest BCUT2D eigenvalue weighted by molar-refractivity contribution is 0.0698. The first-order valence-corrected chi connectivity index (χ1v) is 7.23. The van der Waals surface area contributed by atoms with E-state index in [1.54, 1.807) is 30.3 Å². The zero-order chi connectivity index (χ0) is 17.3. The number of rotatable bonds is 4. The van der Waals surface area contributed by atoms with Crippen molar-refractivity contribution in [3.8, 4) is 5.75 Å². The van der Waals surface area contributed by atoms with Gasteiger partial charge < -0.3 is 15.2 Å². The van der Waals surface area contributed by atoms with Gasteiger partial charge in [-0.15, -0.1) is 0 Å². The average molecular weight is 326 g/mol. The van der Waals surface area contributed by atoms with Crippen LogP contribution in [0.1, 0.15) is 15.9 Å². The molecule has 0 radical (unpaired) electrons. The van der Waals surface area contributed by atoms with Crippen molar-refractivity contribution in [3.05, 3.63) is 59.4 Å². The van der Waals surface area contributed by atoms with Crippen molar-refractivity contribution in [2.24, 2.45) is 0 Å². The Morgan fingerprint density at radius 3 is 2.71 bits per heavy atom. The van der Waals surface area contributed by atoms with Gasteiger partial charge in [-0.1, -0.05) is 6.07 Å². The number of aryl methyl sites for hydroxylation is 1. The molecule has 3 rings (SSSR count). The Morgan fingerprint density at radius 2 is 2.00 bits per heavy atom. The van der Waals surface area contributed by atoms with E-state index in [1.165, 1.54) is 19.2 Å². The second-order valence-electron chi connectivity index (χ2n) is 5.36. The van der Waals surface area contributed by atoms with Crippen LogP contribution in [0, 0.1) is 12.7 Å². The van der Waals surface area contributed by atoms with Gasteiger partial charge in [0.15, 0.2) is 0 Å². The summed E-state index contributed by atoms with van der Waals surface area (Å²) in [6.07, 6.45) is 0. The highest BCUT2D eigenvalue weighted by Gasteiger charge is 2.15. The van der Waals surface area contributed by atoms with E-state index in [4.69, 9.17) is 4.74 Å². The summed E-state index contributed by atoms with van der Waals surface area (Å²) < 4.78 is 19.1. The molecule has 3 aromatic rings. The fourth-order valence-corrected chi connectivity index (χ4v) is 2.39. The molecule has 6 heteroatoms. The van der Waals surface area contributed by atoms with Gasteiger partial charge in [0.2, 0.25) is 0 Å². The Labute approximate surface area is 137 Å². The van der Waals surface area contributed by atoms with Crippen LogP contribution in [0.25, 0.3) is 10.9 Å². The average Bonchev–Trinajstić information content (AvgIpc) is 2.56. The minimum atomic E-state index is -1.14. The van der Waals surface area contributed by atoms with Crippen LogP contribution in [-0.2, 0) is 0 Å². The van der Waals surface area contributed by atoms with Crippen LogP contribution in [0.5, 0.6) is 5.75 Å². The number of ether oxygens (including phenoxy) is 1. The third kappa shape index (κ3) is 2.99. The number of pyridine rings is 1. The van der Waals surface area contributed by atoms with Crippen molar-refractivity contribution < 1.29 is 19.0 Å². The van der Waals surface area contributed by atoms with Crippen molar-refractivity contribution in [2.45, 2.75) is 6.92 Å². The summed E-state index contributed by atoms with van der Waals surface area (Å²) in [5, 5.41) is 12.9. The van der Waals surface area contributed by atoms with E-state index < -0.39 is 11.8 Å². The molecule has 2 aromatic carbocycles. The molecular formula is C18H15FN2O3. The first kappa shape index (κ1) is 15.7. The summed E-state index contributed by atoms with van der Waals surface area (Å²) >= 11 is 0. The largest absolute Gasteiger partial charge is 0.497 e. The number of fused-ring (bicyclic) bond motifs is 1. The summed E-state index contributed by atoms with van der Waals surface area (Å²) in [6.45, 7) is 1.82. The summed E-state index contributed by atoms with van der Waals surface area (Å²) in [5.74, 6) is -0.946. The number of aromatic nitrogens is 1. The van der Waals surface area contributed by atoms with E-state index in [2.05, 4.69) is 10.3 Å². The molecule has 122 valence electrons. The molecule has 0 saturated carbocycles. The van der Waals surface area contributed by atoms with Gasteiger partial charge in [0.05, 0.1) is 18.3 Å². The monoisotopic (exact) mass is 326 g/mol. The third-order valence-corrected chi connectivity index (χ3v) is 3.63. The summed E-state index contributed by atoms with van der Waals surface area (Å²) in [7, 11) is 1.54. The maximum absolute atomic E-state index is 14.0. The molecule has 0 fully saturated rings. The molecular weight excluding hydrogens is 311 g/mol. The fourth-order valence-electron chi connectivity index (χ4n) is 2.39. The number of carboxylic acid groups (broad SMARTS) is 1. The SMILES string of the molecule is COc1ccc2cc(C(=O)O)c(Nc3cc(C)ccc3F)nc2c1. The lowest BCUT2D eigenvalue weighted by Crippen LogP contribution is -2.06. The van der Waals surface area contributed by atoms with Crippen molar-refractivity contribution in [3.63, 3.8) is 0 Å². The number of carboxylic acids is 1. The van der Waals surface area contributed by atoms with Crippen LogP contribution in [0.2, 0.25) is 0 Å². The van der Waals surface area contributed by atoms with Crippen LogP contribution in [0.15, 0.2) is 42.5 Å². The summed E-state index contributed by atoms with van der Waals surface area (Å²) in [6, 6.07) is 11.2. The predicted molar refractivity (Wildman–Crippen MR) is 89.7 cm³/mol. The van der Waals surface area contributed by atoms with Gasteiger partial charge in [-0.2, -0.15) is 0 Å². The normalized spacial score (nSPS) is 10.6. The topological polar surface area (TPSA) is 71.5 Å². The Kier molecular flexibility index (Phi) is 4.04. The van der Waals surface area contributed by atoms with Gasteiger partial charge in [0.1, 0.15) is 22.9 Å². The number of halogens is 1. The highest BCUT2D eigenvalue weighted by Crippen LogP contribution is 2.27. The zero-order valence-electron chi connectivity index (χ0n) is 13.1. The van der Waals surface area contributed by atoms with E-state index in [-0.39, 0.29) is 17.1 Å². The highest BCUT2D eigenvalue weighted by atomic mass is 19.1. The number of nitrogens with one attached hydrogen (secondary N) is 1. The van der Waals surface area contributed by atoms with Crippen molar-refractivity contribution in [1.82, 2.24) is 4.98 Å². The van der Waals surface area contributed by atoms with Gasteiger partial charge in [-0.3, -0.25) is 0 Å². The molecule has 0 atom stereocenters. The molecule has 24 heavy (non-hydrogen) atoms. The third-order valence-electron chi connectivity index (χ3n) is 3.63. The molecule has 5 nitrogen and oxygen atoms in total. The molecule has 0 aliphatic carbocycles. The van der Waals surface area contributed by atoms with E-state index in [0.717, 1.165) is 5.56 Å². The van der Waals surface area contributed by atoms with Crippen LogP contribution < -0.4 is 10.1 Å². The molecule has 0 bridgehead atoms. The van der Waals surface area contributed by atoms with Crippen molar-refractivity contribution in [2.75, 3.05) is 12.4 Å². The number of carbonyl (C=O) groups is 1. The van der Waals surface area contributed by atoms with Crippen molar-refractivity contribution >= 4 is 28.4 Å². The van der Waals surface area contributed by atoms with Crippen LogP contribution in [0.4, 0.5) is 15.9 Å². The maximum Gasteiger partial charge on any atom is 0.339 e. The van der Waals surface area contributed by atoms with Gasteiger partial charge in [-0.05, 0) is 42.8 Å². The molecule has 0 aliphatic rings. The molecule has 1 aromatic heterocycles. The molecule has 0 unspecified atom stereocenters. The Bertz CT molecular complexity index is 941. The second kappa shape index (κ2) is 6.16. The molecule has 0 saturated heterocycles. The zero-order valence-corrected chi connectivity index (χ0v) is 13.1. The van der Waals surface area contributed by atoms with Crippen LogP contribution in [0.3, 0.4) is 0 Å². The molecule has 2 N–H and O–H groups in total. The number of anilines is 2. The van der Waals surface area contributed by atoms with Gasteiger partial charge in [0.25, 0.3) is 0 Å². The lowest BCUT2D eigenvalue weighted by Gasteiger charge is -2.12. The molecule has 1 heterocycles. The molecule has 0 spiro atoms. The summed E-state index contributed by atoms with van der Waals surface area (Å²) in [5.41, 5.74) is 1.54. The number of aromatic carboxylic acids is 1. The van der Waals surface area contributed by atoms with E-state index in [0.29, 0.717) is 16.7 Å². The quantitative estimate of drug-likeness (QED) is 0.754. The Balaban J connectivity index is 2.15. The first-order chi connectivity index (χ1) is 11.5. The van der Waals surface area contributed by atoms with Gasteiger partial charge in [-0.25, -0.2) is 14.2 Å². The number of benzene rings is 2. The second-order valence-corrected chi connectivity index (χ2v) is 5.36. The molecule has 0 aliphatic heterocycles. The first-order valence-electron chi connectivity index (χ1n) is 7.23. The fraction of sp³-hybridized carbons (Fsp3) is 0.111. The Morgan fingerprint density at radius 1 is 1.21 bits per heavy atom. The number of hydrogen-bond donors (Lipinski definition) is 2. The smallest absolute Gasteiger partial charge is 0.339 e. The van der Waals surface area contributed by atoms with E-state index in [9.17, 15) is 14.3 Å². The number of hydrogen-bond acceptors (Lipinski definition) is 4. The predicted octanol–water partition coefficient (Wildman–Crippen LogP) is 4.13. The number of methoxy groups -OCH3 is 1. The Hall–Kier alpha value is -3.15. The van der Waals surface area contributed by atoms with Gasteiger partial charge >= 0.3 is 5.97 Å². The standard InChI is InChI=1S/C18H15FN2O3/c1-10-3-6-14(19)16(7-10)21-17-13(18(22)23)8-11-4-5-12(24-2)9-15(11)20-17/h3-9H,1-2H3,(H,20,21)(H,22,23). The highest BCUT2D eigenvalue weighted by molar-refractivity contribution is 5.99. The lowest BCUT2D eigenvalue weighted by atomic mass is 10.1. The van der Waals surface area contributed by atoms with Crippen LogP contribution in [-0.4, -0.2) is 23.2 Å². The minimum Gasteiger partial charge on any atom is -0.497 e.